The van der Waals surface area contributed by atoms with Crippen LogP contribution in [0.5, 0.6) is 0 Å². The lowest BCUT2D eigenvalue weighted by Crippen LogP contribution is -2.22. The van der Waals surface area contributed by atoms with Gasteiger partial charge in [-0.05, 0) is 12.1 Å². The molecular formula is C13H19N5O. The van der Waals surface area contributed by atoms with Crippen molar-refractivity contribution in [3.05, 3.63) is 36.4 Å². The van der Waals surface area contributed by atoms with E-state index >= 15 is 0 Å². The summed E-state index contributed by atoms with van der Waals surface area (Å²) in [6.45, 7) is 1.45. The second-order valence-corrected chi connectivity index (χ2v) is 4.28. The van der Waals surface area contributed by atoms with Gasteiger partial charge in [0.1, 0.15) is 18.0 Å². The zero-order chi connectivity index (χ0) is 13.5. The molecule has 19 heavy (non-hydrogen) atoms. The first kappa shape index (κ1) is 13.4. The highest BCUT2D eigenvalue weighted by atomic mass is 16.3. The van der Waals surface area contributed by atoms with E-state index in [0.717, 1.165) is 24.6 Å². The summed E-state index contributed by atoms with van der Waals surface area (Å²) >= 11 is 0. The number of aromatic nitrogens is 3. The number of nitrogens with one attached hydrogen (secondary N) is 2. The van der Waals surface area contributed by atoms with Crippen molar-refractivity contribution in [1.82, 2.24) is 15.0 Å². The SMILES string of the molecule is CN(CCc1ccc[nH]1)c1cc(NCCO)ncn1. The molecule has 0 aliphatic heterocycles. The fraction of sp³-hybridized carbons (Fsp3) is 0.385. The first-order chi connectivity index (χ1) is 9.29. The van der Waals surface area contributed by atoms with Crippen LogP contribution < -0.4 is 10.2 Å². The second-order valence-electron chi connectivity index (χ2n) is 4.28. The standard InChI is InChI=1S/C13H19N5O/c1-18(7-4-11-3-2-5-14-11)13-9-12(15-6-8-19)16-10-17-13/h2-3,5,9-10,14,19H,4,6-8H2,1H3,(H,15,16,17). The van der Waals surface area contributed by atoms with Crippen molar-refractivity contribution in [3.63, 3.8) is 0 Å². The van der Waals surface area contributed by atoms with Crippen molar-refractivity contribution in [2.45, 2.75) is 6.42 Å². The Bertz CT molecular complexity index is 486. The normalized spacial score (nSPS) is 10.4. The molecule has 3 N–H and O–H groups in total. The molecule has 0 bridgehead atoms. The number of aliphatic hydroxyl groups is 1. The van der Waals surface area contributed by atoms with E-state index in [1.807, 2.05) is 25.4 Å². The van der Waals surface area contributed by atoms with Crippen LogP contribution in [0.3, 0.4) is 0 Å². The lowest BCUT2D eigenvalue weighted by Gasteiger charge is -2.18. The number of hydrogen-bond donors (Lipinski definition) is 3. The smallest absolute Gasteiger partial charge is 0.133 e. The van der Waals surface area contributed by atoms with Gasteiger partial charge in [0, 0.05) is 44.5 Å². The van der Waals surface area contributed by atoms with Gasteiger partial charge in [-0.1, -0.05) is 0 Å². The largest absolute Gasteiger partial charge is 0.395 e. The number of aromatic amines is 1. The summed E-state index contributed by atoms with van der Waals surface area (Å²) in [5.41, 5.74) is 1.21. The second kappa shape index (κ2) is 6.75. The van der Waals surface area contributed by atoms with E-state index < -0.39 is 0 Å². The van der Waals surface area contributed by atoms with Gasteiger partial charge in [-0.25, -0.2) is 9.97 Å². The number of rotatable bonds is 7. The van der Waals surface area contributed by atoms with Gasteiger partial charge in [0.05, 0.1) is 6.61 Å². The Labute approximate surface area is 112 Å². The molecule has 6 nitrogen and oxygen atoms in total. The molecule has 0 aliphatic rings. The van der Waals surface area contributed by atoms with Crippen LogP contribution in [0.25, 0.3) is 0 Å². The molecular weight excluding hydrogens is 242 g/mol. The van der Waals surface area contributed by atoms with E-state index in [1.165, 1.54) is 12.0 Å². The lowest BCUT2D eigenvalue weighted by molar-refractivity contribution is 0.311. The zero-order valence-electron chi connectivity index (χ0n) is 11.0. The van der Waals surface area contributed by atoms with Crippen molar-refractivity contribution >= 4 is 11.6 Å². The summed E-state index contributed by atoms with van der Waals surface area (Å²) in [7, 11) is 2.00. The maximum absolute atomic E-state index is 8.78. The number of anilines is 2. The van der Waals surface area contributed by atoms with Crippen molar-refractivity contribution in [2.75, 3.05) is 37.0 Å². The summed E-state index contributed by atoms with van der Waals surface area (Å²) < 4.78 is 0. The van der Waals surface area contributed by atoms with E-state index in [9.17, 15) is 0 Å². The molecule has 0 aliphatic carbocycles. The number of H-pyrrole nitrogens is 1. The molecule has 0 saturated carbocycles. The molecule has 2 aromatic rings. The van der Waals surface area contributed by atoms with Gasteiger partial charge >= 0.3 is 0 Å². The quantitative estimate of drug-likeness (QED) is 0.690. The molecule has 6 heteroatoms. The van der Waals surface area contributed by atoms with Gasteiger partial charge in [-0.15, -0.1) is 0 Å². The van der Waals surface area contributed by atoms with Crippen LogP contribution in [-0.4, -0.2) is 46.8 Å². The highest BCUT2D eigenvalue weighted by Crippen LogP contribution is 2.12. The summed E-state index contributed by atoms with van der Waals surface area (Å²) in [5.74, 6) is 1.59. The molecule has 2 aromatic heterocycles. The zero-order valence-corrected chi connectivity index (χ0v) is 11.0. The van der Waals surface area contributed by atoms with Gasteiger partial charge in [-0.2, -0.15) is 0 Å². The predicted molar refractivity (Wildman–Crippen MR) is 75.4 cm³/mol. The highest BCUT2D eigenvalue weighted by Gasteiger charge is 2.05. The lowest BCUT2D eigenvalue weighted by atomic mass is 10.3. The molecule has 0 radical (unpaired) electrons. The third-order valence-electron chi connectivity index (χ3n) is 2.84. The molecule has 0 amide bonds. The molecule has 0 aromatic carbocycles. The number of aliphatic hydroxyl groups excluding tert-OH is 1. The molecule has 0 fully saturated rings. The topological polar surface area (TPSA) is 77.1 Å². The first-order valence-corrected chi connectivity index (χ1v) is 6.30. The van der Waals surface area contributed by atoms with Gasteiger partial charge in [0.25, 0.3) is 0 Å². The Kier molecular flexibility index (Phi) is 4.74. The Morgan fingerprint density at radius 2 is 2.32 bits per heavy atom. The van der Waals surface area contributed by atoms with E-state index in [0.29, 0.717) is 6.54 Å². The molecule has 0 spiro atoms. The number of likely N-dealkylation sites (N-methyl/N-ethyl adjacent to an activating group) is 1. The average Bonchev–Trinajstić information content (AvgIpc) is 2.96. The monoisotopic (exact) mass is 261 g/mol. The number of nitrogens with zero attached hydrogens (tertiary/aromatic N) is 3. The summed E-state index contributed by atoms with van der Waals surface area (Å²) in [6, 6.07) is 5.95. The van der Waals surface area contributed by atoms with Gasteiger partial charge < -0.3 is 20.3 Å². The predicted octanol–water partition coefficient (Wildman–Crippen LogP) is 0.888. The summed E-state index contributed by atoms with van der Waals surface area (Å²) in [4.78, 5) is 13.6. The van der Waals surface area contributed by atoms with Crippen LogP contribution in [0.15, 0.2) is 30.7 Å². The fourth-order valence-corrected chi connectivity index (χ4v) is 1.76. The third-order valence-corrected chi connectivity index (χ3v) is 2.84. The van der Waals surface area contributed by atoms with Crippen molar-refractivity contribution < 1.29 is 5.11 Å². The Morgan fingerprint density at radius 3 is 3.05 bits per heavy atom. The first-order valence-electron chi connectivity index (χ1n) is 6.30. The maximum atomic E-state index is 8.78. The van der Waals surface area contributed by atoms with Crippen molar-refractivity contribution in [2.24, 2.45) is 0 Å². The molecule has 0 atom stereocenters. The summed E-state index contributed by atoms with van der Waals surface area (Å²) in [5, 5.41) is 11.8. The Balaban J connectivity index is 1.92. The van der Waals surface area contributed by atoms with Crippen molar-refractivity contribution in [1.29, 1.82) is 0 Å². The molecule has 2 heterocycles. The minimum absolute atomic E-state index is 0.0853. The Morgan fingerprint density at radius 1 is 1.42 bits per heavy atom. The van der Waals surface area contributed by atoms with Crippen LogP contribution in [0.1, 0.15) is 5.69 Å². The minimum Gasteiger partial charge on any atom is -0.395 e. The van der Waals surface area contributed by atoms with Gasteiger partial charge in [0.15, 0.2) is 0 Å². The molecule has 0 saturated heterocycles. The summed E-state index contributed by atoms with van der Waals surface area (Å²) in [6.07, 6.45) is 4.39. The van der Waals surface area contributed by atoms with Gasteiger partial charge in [-0.3, -0.25) is 0 Å². The minimum atomic E-state index is 0.0853. The highest BCUT2D eigenvalue weighted by molar-refractivity contribution is 5.47. The van der Waals surface area contributed by atoms with Crippen LogP contribution in [0.2, 0.25) is 0 Å². The van der Waals surface area contributed by atoms with E-state index in [4.69, 9.17) is 5.11 Å². The van der Waals surface area contributed by atoms with Crippen LogP contribution in [0, 0.1) is 0 Å². The Hall–Kier alpha value is -2.08. The van der Waals surface area contributed by atoms with E-state index in [-0.39, 0.29) is 6.61 Å². The van der Waals surface area contributed by atoms with E-state index in [1.54, 1.807) is 0 Å². The van der Waals surface area contributed by atoms with E-state index in [2.05, 4.69) is 31.2 Å². The molecule has 102 valence electrons. The molecule has 2 rings (SSSR count). The molecule has 0 unspecified atom stereocenters. The fourth-order valence-electron chi connectivity index (χ4n) is 1.76. The van der Waals surface area contributed by atoms with Crippen LogP contribution in [-0.2, 0) is 6.42 Å². The van der Waals surface area contributed by atoms with Crippen LogP contribution in [0.4, 0.5) is 11.6 Å². The third kappa shape index (κ3) is 3.96. The number of hydrogen-bond acceptors (Lipinski definition) is 5. The maximum Gasteiger partial charge on any atom is 0.133 e. The van der Waals surface area contributed by atoms with Crippen molar-refractivity contribution in [3.8, 4) is 0 Å². The van der Waals surface area contributed by atoms with Crippen LogP contribution >= 0.6 is 0 Å². The van der Waals surface area contributed by atoms with Gasteiger partial charge in [0.2, 0.25) is 0 Å². The average molecular weight is 261 g/mol.